The highest BCUT2D eigenvalue weighted by molar-refractivity contribution is 7.11. The second-order valence-corrected chi connectivity index (χ2v) is 7.45. The lowest BCUT2D eigenvalue weighted by molar-refractivity contribution is 0.175. The molecule has 0 saturated heterocycles. The van der Waals surface area contributed by atoms with Crippen molar-refractivity contribution in [2.24, 2.45) is 0 Å². The summed E-state index contributed by atoms with van der Waals surface area (Å²) in [5.41, 5.74) is 0. The van der Waals surface area contributed by atoms with Gasteiger partial charge in [-0.2, -0.15) is 0 Å². The zero-order valence-electron chi connectivity index (χ0n) is 13.4. The Morgan fingerprint density at radius 3 is 2.60 bits per heavy atom. The monoisotopic (exact) mass is 295 g/mol. The van der Waals surface area contributed by atoms with Gasteiger partial charge in [-0.15, -0.1) is 11.3 Å². The number of hydrogen-bond acceptors (Lipinski definition) is 4. The van der Waals surface area contributed by atoms with E-state index in [4.69, 9.17) is 0 Å². The molecule has 0 aromatic carbocycles. The van der Waals surface area contributed by atoms with Crippen molar-refractivity contribution in [2.45, 2.75) is 51.9 Å². The van der Waals surface area contributed by atoms with Crippen molar-refractivity contribution in [3.63, 3.8) is 0 Å². The predicted molar refractivity (Wildman–Crippen MR) is 88.3 cm³/mol. The molecule has 1 atom stereocenters. The molecule has 0 amide bonds. The van der Waals surface area contributed by atoms with E-state index in [1.807, 2.05) is 11.3 Å². The van der Waals surface area contributed by atoms with Crippen molar-refractivity contribution in [3.8, 4) is 0 Å². The van der Waals surface area contributed by atoms with Crippen LogP contribution in [0.25, 0.3) is 0 Å². The number of nitrogens with zero attached hydrogens (tertiary/aromatic N) is 2. The van der Waals surface area contributed by atoms with Crippen molar-refractivity contribution in [2.75, 3.05) is 27.2 Å². The summed E-state index contributed by atoms with van der Waals surface area (Å²) in [6.07, 6.45) is 2.73. The lowest BCUT2D eigenvalue weighted by atomic mass is 10.2. The summed E-state index contributed by atoms with van der Waals surface area (Å²) < 4.78 is 0. The second-order valence-electron chi connectivity index (χ2n) is 6.20. The maximum absolute atomic E-state index is 3.59. The van der Waals surface area contributed by atoms with Crippen LogP contribution in [0.4, 0.5) is 0 Å². The van der Waals surface area contributed by atoms with Gasteiger partial charge in [-0.05, 0) is 52.5 Å². The minimum atomic E-state index is 0.602. The molecule has 20 heavy (non-hydrogen) atoms. The van der Waals surface area contributed by atoms with E-state index >= 15 is 0 Å². The van der Waals surface area contributed by atoms with E-state index in [2.05, 4.69) is 55.2 Å². The Hall–Kier alpha value is -0.420. The van der Waals surface area contributed by atoms with Crippen LogP contribution in [0, 0.1) is 0 Å². The van der Waals surface area contributed by atoms with E-state index < -0.39 is 0 Å². The average Bonchev–Trinajstić information content (AvgIpc) is 3.12. The fourth-order valence-corrected chi connectivity index (χ4v) is 3.55. The molecule has 1 heterocycles. The molecule has 1 aliphatic carbocycles. The molecule has 0 bridgehead atoms. The van der Waals surface area contributed by atoms with Crippen LogP contribution in [-0.4, -0.2) is 49.1 Å². The molecule has 114 valence electrons. The average molecular weight is 295 g/mol. The zero-order valence-corrected chi connectivity index (χ0v) is 14.2. The first-order chi connectivity index (χ1) is 9.58. The smallest absolute Gasteiger partial charge is 0.0331 e. The molecule has 4 heteroatoms. The van der Waals surface area contributed by atoms with Gasteiger partial charge < -0.3 is 10.2 Å². The van der Waals surface area contributed by atoms with Crippen LogP contribution in [0.3, 0.4) is 0 Å². The highest BCUT2D eigenvalue weighted by Gasteiger charge is 2.20. The maximum Gasteiger partial charge on any atom is 0.0331 e. The number of hydrogen-bond donors (Lipinski definition) is 1. The molecule has 0 aliphatic heterocycles. The highest BCUT2D eigenvalue weighted by atomic mass is 32.1. The van der Waals surface area contributed by atoms with Crippen LogP contribution in [0.5, 0.6) is 0 Å². The third-order valence-electron chi connectivity index (χ3n) is 3.88. The normalized spacial score (nSPS) is 17.1. The van der Waals surface area contributed by atoms with E-state index in [0.717, 1.165) is 32.2 Å². The van der Waals surface area contributed by atoms with Gasteiger partial charge in [0.1, 0.15) is 0 Å². The highest BCUT2D eigenvalue weighted by Crippen LogP contribution is 2.23. The summed E-state index contributed by atoms with van der Waals surface area (Å²) in [6.45, 7) is 8.95. The lowest BCUT2D eigenvalue weighted by Crippen LogP contribution is -2.39. The van der Waals surface area contributed by atoms with Crippen LogP contribution in [0.15, 0.2) is 12.1 Å². The van der Waals surface area contributed by atoms with Crippen molar-refractivity contribution < 1.29 is 0 Å². The van der Waals surface area contributed by atoms with Gasteiger partial charge in [-0.3, -0.25) is 4.90 Å². The van der Waals surface area contributed by atoms with Crippen LogP contribution < -0.4 is 5.32 Å². The number of likely N-dealkylation sites (N-methyl/N-ethyl adjacent to an activating group) is 2. The lowest BCUT2D eigenvalue weighted by Gasteiger charge is -2.29. The fourth-order valence-electron chi connectivity index (χ4n) is 2.56. The van der Waals surface area contributed by atoms with Gasteiger partial charge in [0.15, 0.2) is 0 Å². The van der Waals surface area contributed by atoms with Gasteiger partial charge >= 0.3 is 0 Å². The number of thiophene rings is 1. The topological polar surface area (TPSA) is 18.5 Å². The summed E-state index contributed by atoms with van der Waals surface area (Å²) in [5, 5.41) is 3.59. The van der Waals surface area contributed by atoms with E-state index in [0.29, 0.717) is 6.04 Å². The summed E-state index contributed by atoms with van der Waals surface area (Å²) >= 11 is 1.96. The van der Waals surface area contributed by atoms with E-state index in [-0.39, 0.29) is 0 Å². The van der Waals surface area contributed by atoms with Gasteiger partial charge in [0.05, 0.1) is 0 Å². The molecule has 0 spiro atoms. The number of nitrogens with one attached hydrogen (secondary N) is 1. The zero-order chi connectivity index (χ0) is 14.5. The second kappa shape index (κ2) is 7.55. The van der Waals surface area contributed by atoms with Crippen molar-refractivity contribution in [3.05, 3.63) is 21.9 Å². The van der Waals surface area contributed by atoms with Crippen LogP contribution in [-0.2, 0) is 13.1 Å². The fraction of sp³-hybridized carbons (Fsp3) is 0.750. The van der Waals surface area contributed by atoms with Gasteiger partial charge in [0.25, 0.3) is 0 Å². The maximum atomic E-state index is 3.59. The van der Waals surface area contributed by atoms with Gasteiger partial charge in [-0.1, -0.05) is 6.92 Å². The summed E-state index contributed by atoms with van der Waals surface area (Å²) in [7, 11) is 4.30. The summed E-state index contributed by atoms with van der Waals surface area (Å²) in [4.78, 5) is 7.80. The SMILES string of the molecule is CCN(Cc1ccc(CNC2CC2)s1)C(C)CN(C)C. The molecule has 0 radical (unpaired) electrons. The first-order valence-corrected chi connectivity index (χ1v) is 8.60. The van der Waals surface area contributed by atoms with E-state index in [1.165, 1.54) is 22.6 Å². The molecule has 1 aromatic rings. The molecule has 1 fully saturated rings. The Balaban J connectivity index is 1.83. The quantitative estimate of drug-likeness (QED) is 0.756. The Labute approximate surface area is 128 Å². The first-order valence-electron chi connectivity index (χ1n) is 7.78. The van der Waals surface area contributed by atoms with Crippen molar-refractivity contribution >= 4 is 11.3 Å². The third kappa shape index (κ3) is 5.17. The molecule has 1 aliphatic rings. The summed E-state index contributed by atoms with van der Waals surface area (Å²) in [5.74, 6) is 0. The number of rotatable bonds is 9. The van der Waals surface area contributed by atoms with E-state index in [9.17, 15) is 0 Å². The minimum Gasteiger partial charge on any atom is -0.309 e. The largest absolute Gasteiger partial charge is 0.309 e. The minimum absolute atomic E-state index is 0.602. The summed E-state index contributed by atoms with van der Waals surface area (Å²) in [6, 6.07) is 6.00. The molecule has 1 N–H and O–H groups in total. The molecule has 1 saturated carbocycles. The molecule has 1 aromatic heterocycles. The molecule has 1 unspecified atom stereocenters. The molecule has 3 nitrogen and oxygen atoms in total. The molecular formula is C16H29N3S. The predicted octanol–water partition coefficient (Wildman–Crippen LogP) is 2.77. The van der Waals surface area contributed by atoms with Crippen LogP contribution in [0.2, 0.25) is 0 Å². The Morgan fingerprint density at radius 2 is 2.00 bits per heavy atom. The van der Waals surface area contributed by atoms with Crippen LogP contribution >= 0.6 is 11.3 Å². The molecule has 2 rings (SSSR count). The third-order valence-corrected chi connectivity index (χ3v) is 4.95. The van der Waals surface area contributed by atoms with E-state index in [1.54, 1.807) is 0 Å². The van der Waals surface area contributed by atoms with Gasteiger partial charge in [-0.25, -0.2) is 0 Å². The first kappa shape index (κ1) is 16.0. The van der Waals surface area contributed by atoms with Crippen LogP contribution in [0.1, 0.15) is 36.4 Å². The van der Waals surface area contributed by atoms with Gasteiger partial charge in [0, 0.05) is 41.5 Å². The van der Waals surface area contributed by atoms with Crippen molar-refractivity contribution in [1.29, 1.82) is 0 Å². The molecular weight excluding hydrogens is 266 g/mol. The Morgan fingerprint density at radius 1 is 1.30 bits per heavy atom. The van der Waals surface area contributed by atoms with Crippen molar-refractivity contribution in [1.82, 2.24) is 15.1 Å². The standard InChI is InChI=1S/C16H29N3S/c1-5-19(13(2)11-18(3)4)12-16-9-8-15(20-16)10-17-14-6-7-14/h8-9,13-14,17H,5-7,10-12H2,1-4H3. The Kier molecular flexibility index (Phi) is 6.02. The Bertz CT molecular complexity index is 398. The van der Waals surface area contributed by atoms with Gasteiger partial charge in [0.2, 0.25) is 0 Å².